The highest BCUT2D eigenvalue weighted by Crippen LogP contribution is 2.28. The second kappa shape index (κ2) is 5.51. The summed E-state index contributed by atoms with van der Waals surface area (Å²) in [6.45, 7) is 7.09. The highest BCUT2D eigenvalue weighted by atomic mass is 16.5. The van der Waals surface area contributed by atoms with Gasteiger partial charge in [0.15, 0.2) is 0 Å². The third kappa shape index (κ3) is 2.62. The molecule has 2 unspecified atom stereocenters. The van der Waals surface area contributed by atoms with Crippen molar-refractivity contribution in [2.75, 3.05) is 38.3 Å². The number of fused-ring (bicyclic) bond motifs is 1. The van der Waals surface area contributed by atoms with Gasteiger partial charge in [0.2, 0.25) is 5.95 Å². The molecule has 2 fully saturated rings. The maximum Gasteiger partial charge on any atom is 0.205 e. The van der Waals surface area contributed by atoms with E-state index in [4.69, 9.17) is 9.72 Å². The molecule has 2 saturated heterocycles. The molecular formula is C14H24N4O. The van der Waals surface area contributed by atoms with Gasteiger partial charge in [-0.05, 0) is 32.2 Å². The maximum atomic E-state index is 5.19. The minimum Gasteiger partial charge on any atom is -0.383 e. The highest BCUT2D eigenvalue weighted by molar-refractivity contribution is 5.36. The molecular weight excluding hydrogens is 240 g/mol. The Kier molecular flexibility index (Phi) is 3.75. The summed E-state index contributed by atoms with van der Waals surface area (Å²) in [7, 11) is 1.75. The molecule has 0 radical (unpaired) electrons. The lowest BCUT2D eigenvalue weighted by Crippen LogP contribution is -2.40. The van der Waals surface area contributed by atoms with Gasteiger partial charge in [-0.25, -0.2) is 4.98 Å². The summed E-state index contributed by atoms with van der Waals surface area (Å²) in [5.41, 5.74) is 1.09. The number of methoxy groups -OCH3 is 1. The predicted octanol–water partition coefficient (Wildman–Crippen LogP) is 1.03. The minimum absolute atomic E-state index is 0.654. The van der Waals surface area contributed by atoms with Crippen LogP contribution in [0.3, 0.4) is 0 Å². The van der Waals surface area contributed by atoms with E-state index >= 15 is 0 Å². The first-order valence-electron chi connectivity index (χ1n) is 7.29. The van der Waals surface area contributed by atoms with Crippen molar-refractivity contribution >= 4 is 5.95 Å². The predicted molar refractivity (Wildman–Crippen MR) is 75.6 cm³/mol. The van der Waals surface area contributed by atoms with Gasteiger partial charge in [0.05, 0.1) is 12.3 Å². The molecule has 2 aliphatic rings. The van der Waals surface area contributed by atoms with Crippen LogP contribution in [0.15, 0.2) is 6.20 Å². The Morgan fingerprint density at radius 2 is 2.37 bits per heavy atom. The maximum absolute atomic E-state index is 5.19. The summed E-state index contributed by atoms with van der Waals surface area (Å²) < 4.78 is 7.42. The molecule has 2 atom stereocenters. The van der Waals surface area contributed by atoms with Crippen molar-refractivity contribution in [2.45, 2.75) is 32.4 Å². The van der Waals surface area contributed by atoms with E-state index in [2.05, 4.69) is 27.9 Å². The van der Waals surface area contributed by atoms with Gasteiger partial charge in [-0.3, -0.25) is 0 Å². The molecule has 0 aliphatic carbocycles. The van der Waals surface area contributed by atoms with Crippen molar-refractivity contribution < 1.29 is 4.74 Å². The van der Waals surface area contributed by atoms with E-state index in [-0.39, 0.29) is 0 Å². The van der Waals surface area contributed by atoms with Crippen LogP contribution in [-0.4, -0.2) is 48.9 Å². The number of nitrogens with zero attached hydrogens (tertiary/aromatic N) is 3. The largest absolute Gasteiger partial charge is 0.383 e. The van der Waals surface area contributed by atoms with Crippen molar-refractivity contribution in [3.05, 3.63) is 11.9 Å². The molecule has 2 aliphatic heterocycles. The zero-order chi connectivity index (χ0) is 13.2. The molecule has 0 spiro atoms. The number of nitrogens with one attached hydrogen (secondary N) is 1. The first kappa shape index (κ1) is 12.9. The number of hydrogen-bond acceptors (Lipinski definition) is 4. The van der Waals surface area contributed by atoms with Crippen molar-refractivity contribution in [3.63, 3.8) is 0 Å². The van der Waals surface area contributed by atoms with Crippen LogP contribution in [0.25, 0.3) is 0 Å². The zero-order valence-electron chi connectivity index (χ0n) is 11.9. The van der Waals surface area contributed by atoms with Crippen LogP contribution in [0.1, 0.15) is 18.5 Å². The van der Waals surface area contributed by atoms with Gasteiger partial charge in [-0.1, -0.05) is 0 Å². The van der Waals surface area contributed by atoms with E-state index in [0.29, 0.717) is 6.04 Å². The summed E-state index contributed by atoms with van der Waals surface area (Å²) in [6, 6.07) is 0.654. The number of aryl methyl sites for hydroxylation is 1. The Morgan fingerprint density at radius 1 is 1.47 bits per heavy atom. The number of piperidine rings is 1. The molecule has 0 saturated carbocycles. The second-order valence-corrected chi connectivity index (χ2v) is 5.74. The Balaban J connectivity index is 1.74. The lowest BCUT2D eigenvalue weighted by atomic mass is 9.94. The van der Waals surface area contributed by atoms with Crippen LogP contribution in [0.4, 0.5) is 5.95 Å². The summed E-state index contributed by atoms with van der Waals surface area (Å²) in [4.78, 5) is 7.15. The fraction of sp³-hybridized carbons (Fsp3) is 0.786. The van der Waals surface area contributed by atoms with Gasteiger partial charge in [0.1, 0.15) is 0 Å². The van der Waals surface area contributed by atoms with E-state index in [1.165, 1.54) is 19.4 Å². The van der Waals surface area contributed by atoms with Crippen LogP contribution >= 0.6 is 0 Å². The normalized spacial score (nSPS) is 26.7. The molecule has 1 N–H and O–H groups in total. The van der Waals surface area contributed by atoms with Crippen LogP contribution in [0, 0.1) is 12.8 Å². The monoisotopic (exact) mass is 264 g/mol. The summed E-state index contributed by atoms with van der Waals surface area (Å²) in [6.07, 6.45) is 4.79. The van der Waals surface area contributed by atoms with Gasteiger partial charge >= 0.3 is 0 Å². The number of rotatable bonds is 4. The van der Waals surface area contributed by atoms with Crippen LogP contribution in [0.5, 0.6) is 0 Å². The van der Waals surface area contributed by atoms with E-state index < -0.39 is 0 Å². The molecule has 19 heavy (non-hydrogen) atoms. The van der Waals surface area contributed by atoms with Crippen LogP contribution in [-0.2, 0) is 11.3 Å². The van der Waals surface area contributed by atoms with Crippen molar-refractivity contribution in [1.29, 1.82) is 0 Å². The van der Waals surface area contributed by atoms with Crippen molar-refractivity contribution in [2.24, 2.45) is 5.92 Å². The summed E-state index contributed by atoms with van der Waals surface area (Å²) >= 11 is 0. The molecule has 0 amide bonds. The van der Waals surface area contributed by atoms with E-state index in [9.17, 15) is 0 Å². The quantitative estimate of drug-likeness (QED) is 0.882. The third-order valence-electron chi connectivity index (χ3n) is 4.29. The van der Waals surface area contributed by atoms with Gasteiger partial charge in [0.25, 0.3) is 0 Å². The average molecular weight is 264 g/mol. The minimum atomic E-state index is 0.654. The van der Waals surface area contributed by atoms with Crippen LogP contribution < -0.4 is 10.2 Å². The van der Waals surface area contributed by atoms with Gasteiger partial charge < -0.3 is 19.5 Å². The van der Waals surface area contributed by atoms with E-state index in [1.807, 2.05) is 0 Å². The van der Waals surface area contributed by atoms with E-state index in [1.54, 1.807) is 7.11 Å². The Hall–Kier alpha value is -1.07. The highest BCUT2D eigenvalue weighted by Gasteiger charge is 2.35. The Morgan fingerprint density at radius 3 is 3.16 bits per heavy atom. The molecule has 0 bridgehead atoms. The third-order valence-corrected chi connectivity index (χ3v) is 4.29. The fourth-order valence-corrected chi connectivity index (χ4v) is 3.35. The molecule has 106 valence electrons. The average Bonchev–Trinajstić information content (AvgIpc) is 2.99. The molecule has 0 aromatic carbocycles. The molecule has 5 nitrogen and oxygen atoms in total. The number of imidazole rings is 1. The lowest BCUT2D eigenvalue weighted by molar-refractivity contribution is 0.187. The number of ether oxygens (including phenoxy) is 1. The first-order chi connectivity index (χ1) is 9.28. The molecule has 1 aromatic rings. The molecule has 5 heteroatoms. The first-order valence-corrected chi connectivity index (χ1v) is 7.29. The standard InChI is InChI=1S/C14H24N4O/c1-11-8-17(6-7-19-2)14(16-11)18-9-12-4-3-5-15-13(12)10-18/h8,12-13,15H,3-7,9-10H2,1-2H3. The fourth-order valence-electron chi connectivity index (χ4n) is 3.35. The topological polar surface area (TPSA) is 42.3 Å². The number of hydrogen-bond donors (Lipinski definition) is 1. The molecule has 3 rings (SSSR count). The van der Waals surface area contributed by atoms with E-state index in [0.717, 1.165) is 43.8 Å². The van der Waals surface area contributed by atoms with Crippen LogP contribution in [0.2, 0.25) is 0 Å². The Bertz CT molecular complexity index is 417. The van der Waals surface area contributed by atoms with Crippen molar-refractivity contribution in [1.82, 2.24) is 14.9 Å². The number of aromatic nitrogens is 2. The summed E-state index contributed by atoms with van der Waals surface area (Å²) in [5, 5.41) is 3.65. The van der Waals surface area contributed by atoms with Crippen molar-refractivity contribution in [3.8, 4) is 0 Å². The Labute approximate surface area is 114 Å². The number of anilines is 1. The summed E-state index contributed by atoms with van der Waals surface area (Å²) in [5.74, 6) is 1.91. The van der Waals surface area contributed by atoms with Gasteiger partial charge in [-0.2, -0.15) is 0 Å². The molecule has 3 heterocycles. The zero-order valence-corrected chi connectivity index (χ0v) is 11.9. The van der Waals surface area contributed by atoms with Gasteiger partial charge in [0, 0.05) is 39.0 Å². The SMILES string of the molecule is COCCn1cc(C)nc1N1CC2CCCNC2C1. The second-order valence-electron chi connectivity index (χ2n) is 5.74. The smallest absolute Gasteiger partial charge is 0.205 e. The lowest BCUT2D eigenvalue weighted by Gasteiger charge is -2.24. The molecule has 1 aromatic heterocycles. The van der Waals surface area contributed by atoms with Gasteiger partial charge in [-0.15, -0.1) is 0 Å².